The monoisotopic (exact) mass is 252 g/mol. The molecule has 0 saturated carbocycles. The summed E-state index contributed by atoms with van der Waals surface area (Å²) in [7, 11) is -3.38. The van der Waals surface area contributed by atoms with Crippen LogP contribution in [0.15, 0.2) is 0 Å². The van der Waals surface area contributed by atoms with Crippen molar-refractivity contribution < 1.29 is 22.1 Å². The maximum atomic E-state index is 10.8. The van der Waals surface area contributed by atoms with E-state index in [9.17, 15) is 8.42 Å². The summed E-state index contributed by atoms with van der Waals surface area (Å²) in [4.78, 5) is 0. The first-order valence-corrected chi connectivity index (χ1v) is 7.06. The van der Waals surface area contributed by atoms with Crippen molar-refractivity contribution in [3.05, 3.63) is 0 Å². The number of ether oxygens (including phenoxy) is 2. The van der Waals surface area contributed by atoms with E-state index in [1.165, 1.54) is 0 Å². The maximum Gasteiger partial charge on any atom is 0.264 e. The minimum atomic E-state index is -3.38. The molecule has 0 aliphatic carbocycles. The maximum absolute atomic E-state index is 10.8. The molecule has 96 valence electrons. The molecule has 1 saturated heterocycles. The van der Waals surface area contributed by atoms with Crippen molar-refractivity contribution in [3.63, 3.8) is 0 Å². The van der Waals surface area contributed by atoms with Crippen molar-refractivity contribution in [2.75, 3.05) is 12.9 Å². The first-order chi connectivity index (χ1) is 7.02. The molecular formula is C10H20O5S. The van der Waals surface area contributed by atoms with E-state index < -0.39 is 21.5 Å². The minimum absolute atomic E-state index is 0.117. The SMILES string of the molecule is CC1(C)O[C@H](CCOS(C)(=O)=O)C(C)(C)O1. The molecule has 1 atom stereocenters. The average Bonchev–Trinajstić information content (AvgIpc) is 2.16. The lowest BCUT2D eigenvalue weighted by Gasteiger charge is -2.23. The molecule has 0 aromatic rings. The fraction of sp³-hybridized carbons (Fsp3) is 1.00. The summed E-state index contributed by atoms with van der Waals surface area (Å²) in [6.45, 7) is 7.64. The van der Waals surface area contributed by atoms with E-state index in [0.29, 0.717) is 6.42 Å². The third-order valence-electron chi connectivity index (χ3n) is 2.39. The van der Waals surface area contributed by atoms with Gasteiger partial charge in [-0.05, 0) is 27.7 Å². The summed E-state index contributed by atoms with van der Waals surface area (Å²) < 4.78 is 37.7. The first kappa shape index (κ1) is 13.9. The molecule has 1 aliphatic rings. The van der Waals surface area contributed by atoms with E-state index >= 15 is 0 Å². The largest absolute Gasteiger partial charge is 0.344 e. The smallest absolute Gasteiger partial charge is 0.264 e. The number of hydrogen-bond acceptors (Lipinski definition) is 5. The summed E-state index contributed by atoms with van der Waals surface area (Å²) in [5, 5.41) is 0. The van der Waals surface area contributed by atoms with Crippen LogP contribution in [0.2, 0.25) is 0 Å². The zero-order valence-corrected chi connectivity index (χ0v) is 11.3. The highest BCUT2D eigenvalue weighted by Crippen LogP contribution is 2.37. The van der Waals surface area contributed by atoms with Crippen LogP contribution in [0.4, 0.5) is 0 Å². The summed E-state index contributed by atoms with van der Waals surface area (Å²) >= 11 is 0. The van der Waals surface area contributed by atoms with E-state index in [0.717, 1.165) is 6.26 Å². The normalized spacial score (nSPS) is 28.2. The van der Waals surface area contributed by atoms with Crippen molar-refractivity contribution in [1.29, 1.82) is 0 Å². The van der Waals surface area contributed by atoms with Crippen molar-refractivity contribution >= 4 is 10.1 Å². The Labute approximate surface area is 97.2 Å². The highest BCUT2D eigenvalue weighted by molar-refractivity contribution is 7.85. The zero-order chi connectivity index (χ0) is 12.6. The van der Waals surface area contributed by atoms with Crippen LogP contribution in [0.1, 0.15) is 34.1 Å². The van der Waals surface area contributed by atoms with E-state index in [1.807, 2.05) is 27.7 Å². The fourth-order valence-corrected chi connectivity index (χ4v) is 2.32. The highest BCUT2D eigenvalue weighted by Gasteiger charge is 2.46. The first-order valence-electron chi connectivity index (χ1n) is 5.24. The topological polar surface area (TPSA) is 61.8 Å². The molecule has 1 aliphatic heterocycles. The molecule has 0 bridgehead atoms. The van der Waals surface area contributed by atoms with Crippen molar-refractivity contribution in [2.45, 2.75) is 51.6 Å². The molecule has 0 amide bonds. The van der Waals surface area contributed by atoms with Crippen LogP contribution in [-0.2, 0) is 23.8 Å². The molecule has 0 radical (unpaired) electrons. The third-order valence-corrected chi connectivity index (χ3v) is 2.98. The summed E-state index contributed by atoms with van der Waals surface area (Å²) in [6.07, 6.45) is 1.36. The average molecular weight is 252 g/mol. The molecule has 16 heavy (non-hydrogen) atoms. The molecule has 1 rings (SSSR count). The van der Waals surface area contributed by atoms with Crippen LogP contribution in [0.3, 0.4) is 0 Å². The van der Waals surface area contributed by atoms with Gasteiger partial charge in [0.1, 0.15) is 0 Å². The Morgan fingerprint density at radius 3 is 2.19 bits per heavy atom. The van der Waals surface area contributed by atoms with Crippen LogP contribution in [0, 0.1) is 0 Å². The van der Waals surface area contributed by atoms with Crippen LogP contribution in [0.25, 0.3) is 0 Å². The van der Waals surface area contributed by atoms with Gasteiger partial charge in [0, 0.05) is 6.42 Å². The van der Waals surface area contributed by atoms with Gasteiger partial charge in [-0.25, -0.2) is 0 Å². The lowest BCUT2D eigenvalue weighted by atomic mass is 10.00. The molecule has 6 heteroatoms. The molecule has 0 unspecified atom stereocenters. The van der Waals surface area contributed by atoms with E-state index in [-0.39, 0.29) is 12.7 Å². The highest BCUT2D eigenvalue weighted by atomic mass is 32.2. The van der Waals surface area contributed by atoms with Gasteiger partial charge in [0.2, 0.25) is 0 Å². The van der Waals surface area contributed by atoms with Crippen LogP contribution in [-0.4, -0.2) is 38.8 Å². The second-order valence-corrected chi connectivity index (χ2v) is 6.67. The van der Waals surface area contributed by atoms with E-state index in [2.05, 4.69) is 4.18 Å². The second kappa shape index (κ2) is 4.25. The molecule has 0 spiro atoms. The van der Waals surface area contributed by atoms with Crippen LogP contribution < -0.4 is 0 Å². The summed E-state index contributed by atoms with van der Waals surface area (Å²) in [5.41, 5.74) is -0.426. The number of rotatable bonds is 4. The summed E-state index contributed by atoms with van der Waals surface area (Å²) in [6, 6.07) is 0. The predicted molar refractivity (Wildman–Crippen MR) is 59.5 cm³/mol. The van der Waals surface area contributed by atoms with Gasteiger partial charge in [-0.1, -0.05) is 0 Å². The molecule has 1 fully saturated rings. The quantitative estimate of drug-likeness (QED) is 0.705. The molecule has 0 aromatic heterocycles. The Morgan fingerprint density at radius 1 is 1.25 bits per heavy atom. The van der Waals surface area contributed by atoms with Crippen molar-refractivity contribution in [3.8, 4) is 0 Å². The van der Waals surface area contributed by atoms with Crippen LogP contribution in [0.5, 0.6) is 0 Å². The third kappa shape index (κ3) is 4.01. The van der Waals surface area contributed by atoms with Crippen LogP contribution >= 0.6 is 0 Å². The Morgan fingerprint density at radius 2 is 1.81 bits per heavy atom. The molecule has 1 heterocycles. The van der Waals surface area contributed by atoms with Crippen molar-refractivity contribution in [1.82, 2.24) is 0 Å². The fourth-order valence-electron chi connectivity index (χ4n) is 1.92. The van der Waals surface area contributed by atoms with Gasteiger partial charge in [0.15, 0.2) is 5.79 Å². The zero-order valence-electron chi connectivity index (χ0n) is 10.4. The Bertz CT molecular complexity index is 344. The molecule has 0 N–H and O–H groups in total. The standard InChI is InChI=1S/C10H20O5S/c1-9(2)8(14-10(3,4)15-9)6-7-13-16(5,11)12/h8H,6-7H2,1-5H3/t8-/m1/s1. The molecule has 5 nitrogen and oxygen atoms in total. The summed E-state index contributed by atoms with van der Waals surface area (Å²) in [5.74, 6) is -0.626. The van der Waals surface area contributed by atoms with E-state index in [4.69, 9.17) is 9.47 Å². The van der Waals surface area contributed by atoms with E-state index in [1.54, 1.807) is 0 Å². The van der Waals surface area contributed by atoms with Gasteiger partial charge in [-0.3, -0.25) is 4.18 Å². The van der Waals surface area contributed by atoms with Gasteiger partial charge >= 0.3 is 0 Å². The Kier molecular flexibility index (Phi) is 3.69. The molecular weight excluding hydrogens is 232 g/mol. The molecule has 0 aromatic carbocycles. The second-order valence-electron chi connectivity index (χ2n) is 5.03. The van der Waals surface area contributed by atoms with Crippen molar-refractivity contribution in [2.24, 2.45) is 0 Å². The predicted octanol–water partition coefficient (Wildman–Crippen LogP) is 1.28. The minimum Gasteiger partial charge on any atom is -0.344 e. The lowest BCUT2D eigenvalue weighted by molar-refractivity contribution is -0.157. The number of hydrogen-bond donors (Lipinski definition) is 0. The Balaban J connectivity index is 2.49. The van der Waals surface area contributed by atoms with Gasteiger partial charge in [0.05, 0.1) is 24.6 Å². The van der Waals surface area contributed by atoms with Gasteiger partial charge in [-0.2, -0.15) is 8.42 Å². The lowest BCUT2D eigenvalue weighted by Crippen LogP contribution is -2.34. The van der Waals surface area contributed by atoms with Gasteiger partial charge < -0.3 is 9.47 Å². The van der Waals surface area contributed by atoms with Gasteiger partial charge in [-0.15, -0.1) is 0 Å². The Hall–Kier alpha value is -0.170. The van der Waals surface area contributed by atoms with Gasteiger partial charge in [0.25, 0.3) is 10.1 Å².